The minimum Gasteiger partial charge on any atom is -0.456 e. The Morgan fingerprint density at radius 1 is 1.08 bits per heavy atom. The van der Waals surface area contributed by atoms with Crippen LogP contribution in [0.4, 0.5) is 10.5 Å². The Bertz CT molecular complexity index is 1230. The van der Waals surface area contributed by atoms with E-state index in [4.69, 9.17) is 22.1 Å². The summed E-state index contributed by atoms with van der Waals surface area (Å²) < 4.78 is 5.78. The summed E-state index contributed by atoms with van der Waals surface area (Å²) in [4.78, 5) is 46.7. The number of urea groups is 1. The average Bonchev–Trinajstić information content (AvgIpc) is 2.85. The zero-order valence-electron chi connectivity index (χ0n) is 19.7. The lowest BCUT2D eigenvalue weighted by Crippen LogP contribution is -2.49. The van der Waals surface area contributed by atoms with Gasteiger partial charge in [-0.3, -0.25) is 24.8 Å². The highest BCUT2D eigenvalue weighted by Gasteiger charge is 2.18. The molecule has 186 valence electrons. The van der Waals surface area contributed by atoms with E-state index in [-0.39, 0.29) is 19.0 Å². The quantitative estimate of drug-likeness (QED) is 0.273. The molecule has 0 fully saturated rings. The number of carbonyl (C=O) groups excluding carboxylic acids is 3. The molecule has 1 heterocycles. The predicted molar refractivity (Wildman–Crippen MR) is 136 cm³/mol. The average molecular weight is 509 g/mol. The SMILES string of the molecule is Cc1ccc(Oc2ccc(N=C(NC(=O)N(C)CC(N)=O)N(C=O)Cc3ccc(Cl)cc3)cc2)cn1. The number of amides is 4. The number of ether oxygens (including phenoxy) is 1. The first-order chi connectivity index (χ1) is 17.2. The van der Waals surface area contributed by atoms with Crippen LogP contribution in [0.2, 0.25) is 5.02 Å². The van der Waals surface area contributed by atoms with Gasteiger partial charge in [0.1, 0.15) is 18.0 Å². The zero-order valence-corrected chi connectivity index (χ0v) is 20.5. The van der Waals surface area contributed by atoms with Crippen molar-refractivity contribution in [1.82, 2.24) is 20.1 Å². The molecule has 3 aromatic rings. The number of guanidine groups is 1. The van der Waals surface area contributed by atoms with Gasteiger partial charge in [0.05, 0.1) is 18.4 Å². The van der Waals surface area contributed by atoms with Gasteiger partial charge in [-0.25, -0.2) is 9.79 Å². The highest BCUT2D eigenvalue weighted by molar-refractivity contribution is 6.30. The third-order valence-corrected chi connectivity index (χ3v) is 5.07. The summed E-state index contributed by atoms with van der Waals surface area (Å²) in [7, 11) is 1.40. The summed E-state index contributed by atoms with van der Waals surface area (Å²) in [6, 6.07) is 16.6. The molecule has 1 aromatic heterocycles. The molecule has 4 amide bonds. The number of rotatable bonds is 8. The Kier molecular flexibility index (Phi) is 8.95. The normalized spacial score (nSPS) is 10.9. The molecule has 11 heteroatoms. The van der Waals surface area contributed by atoms with Crippen LogP contribution in [0.1, 0.15) is 11.3 Å². The molecule has 0 aliphatic heterocycles. The lowest BCUT2D eigenvalue weighted by molar-refractivity contribution is -0.118. The third kappa shape index (κ3) is 7.81. The van der Waals surface area contributed by atoms with Gasteiger partial charge < -0.3 is 15.4 Å². The van der Waals surface area contributed by atoms with E-state index in [1.165, 1.54) is 11.9 Å². The molecule has 36 heavy (non-hydrogen) atoms. The Morgan fingerprint density at radius 3 is 2.33 bits per heavy atom. The summed E-state index contributed by atoms with van der Waals surface area (Å²) in [5.41, 5.74) is 7.26. The molecule has 0 radical (unpaired) electrons. The van der Waals surface area contributed by atoms with E-state index in [1.54, 1.807) is 54.7 Å². The van der Waals surface area contributed by atoms with E-state index in [0.717, 1.165) is 16.2 Å². The number of halogens is 1. The molecule has 0 saturated carbocycles. The minimum absolute atomic E-state index is 0.0438. The summed E-state index contributed by atoms with van der Waals surface area (Å²) in [6.07, 6.45) is 2.17. The predicted octanol–water partition coefficient (Wildman–Crippen LogP) is 3.61. The largest absolute Gasteiger partial charge is 0.456 e. The number of aryl methyl sites for hydroxylation is 1. The van der Waals surface area contributed by atoms with E-state index in [0.29, 0.717) is 28.6 Å². The lowest BCUT2D eigenvalue weighted by Gasteiger charge is -2.23. The second-order valence-electron chi connectivity index (χ2n) is 7.78. The molecule has 3 N–H and O–H groups in total. The summed E-state index contributed by atoms with van der Waals surface area (Å²) in [5.74, 6) is 0.411. The molecule has 3 rings (SSSR count). The number of nitrogens with two attached hydrogens (primary N) is 1. The standard InChI is InChI=1S/C25H25ClN6O4/c1-17-3-10-22(13-28-17)36-21-11-8-20(9-12-21)29-24(30-25(35)31(2)15-23(27)34)32(16-33)14-18-4-6-19(26)7-5-18/h3-13,16H,14-15H2,1-2H3,(H2,27,34)(H,29,30,35). The van der Waals surface area contributed by atoms with E-state index in [2.05, 4.69) is 15.3 Å². The van der Waals surface area contributed by atoms with Gasteiger partial charge >= 0.3 is 6.03 Å². The zero-order chi connectivity index (χ0) is 26.1. The van der Waals surface area contributed by atoms with E-state index < -0.39 is 11.9 Å². The molecular formula is C25H25ClN6O4. The third-order valence-electron chi connectivity index (χ3n) is 4.82. The van der Waals surface area contributed by atoms with Crippen LogP contribution in [0.3, 0.4) is 0 Å². The maximum absolute atomic E-state index is 12.6. The van der Waals surface area contributed by atoms with Crippen molar-refractivity contribution < 1.29 is 19.1 Å². The number of hydrogen-bond acceptors (Lipinski definition) is 6. The molecular weight excluding hydrogens is 484 g/mol. The number of hydrogen-bond donors (Lipinski definition) is 2. The van der Waals surface area contributed by atoms with Crippen LogP contribution < -0.4 is 15.8 Å². The van der Waals surface area contributed by atoms with E-state index >= 15 is 0 Å². The monoisotopic (exact) mass is 508 g/mol. The Morgan fingerprint density at radius 2 is 1.75 bits per heavy atom. The van der Waals surface area contributed by atoms with Gasteiger partial charge in [-0.1, -0.05) is 23.7 Å². The van der Waals surface area contributed by atoms with Gasteiger partial charge in [0.15, 0.2) is 0 Å². The lowest BCUT2D eigenvalue weighted by atomic mass is 10.2. The molecule has 0 bridgehead atoms. The van der Waals surface area contributed by atoms with Gasteiger partial charge in [0.25, 0.3) is 0 Å². The topological polar surface area (TPSA) is 130 Å². The molecule has 10 nitrogen and oxygen atoms in total. The Hall–Kier alpha value is -4.44. The van der Waals surface area contributed by atoms with Gasteiger partial charge in [-0.2, -0.15) is 0 Å². The number of carbonyl (C=O) groups is 3. The van der Waals surface area contributed by atoms with Gasteiger partial charge in [-0.15, -0.1) is 0 Å². The fraction of sp³-hybridized carbons (Fsp3) is 0.160. The van der Waals surface area contributed by atoms with Crippen molar-refractivity contribution in [2.45, 2.75) is 13.5 Å². The number of aromatic nitrogens is 1. The van der Waals surface area contributed by atoms with Gasteiger partial charge in [0, 0.05) is 17.8 Å². The Labute approximate surface area is 213 Å². The van der Waals surface area contributed by atoms with Crippen molar-refractivity contribution in [1.29, 1.82) is 0 Å². The second kappa shape index (κ2) is 12.3. The van der Waals surface area contributed by atoms with Crippen LogP contribution in [-0.4, -0.2) is 52.7 Å². The molecule has 2 aromatic carbocycles. The summed E-state index contributed by atoms with van der Waals surface area (Å²) in [6.45, 7) is 1.69. The van der Waals surface area contributed by atoms with Crippen LogP contribution in [0.5, 0.6) is 11.5 Å². The number of primary amides is 1. The van der Waals surface area contributed by atoms with Crippen molar-refractivity contribution in [3.05, 3.63) is 83.1 Å². The van der Waals surface area contributed by atoms with Crippen molar-refractivity contribution >= 4 is 41.6 Å². The Balaban J connectivity index is 1.84. The van der Waals surface area contributed by atoms with Crippen molar-refractivity contribution in [2.24, 2.45) is 10.7 Å². The minimum atomic E-state index is -0.682. The van der Waals surface area contributed by atoms with Crippen LogP contribution in [0.15, 0.2) is 71.9 Å². The van der Waals surface area contributed by atoms with E-state index in [1.807, 2.05) is 19.1 Å². The fourth-order valence-electron chi connectivity index (χ4n) is 2.97. The number of benzene rings is 2. The summed E-state index contributed by atoms with van der Waals surface area (Å²) >= 11 is 5.95. The number of nitrogens with zero attached hydrogens (tertiary/aromatic N) is 4. The molecule has 0 saturated heterocycles. The number of nitrogens with one attached hydrogen (secondary N) is 1. The van der Waals surface area contributed by atoms with Crippen LogP contribution >= 0.6 is 11.6 Å². The number of likely N-dealkylation sites (N-methyl/N-ethyl adjacent to an activating group) is 1. The first-order valence-electron chi connectivity index (χ1n) is 10.8. The summed E-state index contributed by atoms with van der Waals surface area (Å²) in [5, 5.41) is 3.12. The van der Waals surface area contributed by atoms with Crippen molar-refractivity contribution in [2.75, 3.05) is 13.6 Å². The molecule has 0 aliphatic rings. The fourth-order valence-corrected chi connectivity index (χ4v) is 3.10. The second-order valence-corrected chi connectivity index (χ2v) is 8.22. The molecule has 0 unspecified atom stereocenters. The van der Waals surface area contributed by atoms with Crippen LogP contribution in [0.25, 0.3) is 0 Å². The van der Waals surface area contributed by atoms with Crippen LogP contribution in [0, 0.1) is 6.92 Å². The van der Waals surface area contributed by atoms with Gasteiger partial charge in [-0.05, 0) is 61.0 Å². The van der Waals surface area contributed by atoms with Gasteiger partial charge in [0.2, 0.25) is 18.3 Å². The first-order valence-corrected chi connectivity index (χ1v) is 11.2. The highest BCUT2D eigenvalue weighted by atomic mass is 35.5. The van der Waals surface area contributed by atoms with Crippen molar-refractivity contribution in [3.8, 4) is 11.5 Å². The first kappa shape index (κ1) is 26.2. The smallest absolute Gasteiger partial charge is 0.324 e. The number of aliphatic imine (C=N–C) groups is 1. The maximum atomic E-state index is 12.6. The highest BCUT2D eigenvalue weighted by Crippen LogP contribution is 2.24. The van der Waals surface area contributed by atoms with Crippen molar-refractivity contribution in [3.63, 3.8) is 0 Å². The maximum Gasteiger partial charge on any atom is 0.324 e. The van der Waals surface area contributed by atoms with E-state index in [9.17, 15) is 14.4 Å². The molecule has 0 aliphatic carbocycles. The van der Waals surface area contributed by atoms with Crippen LogP contribution in [-0.2, 0) is 16.1 Å². The number of pyridine rings is 1. The molecule has 0 atom stereocenters. The molecule has 0 spiro atoms.